The van der Waals surface area contributed by atoms with Crippen LogP contribution in [0.4, 0.5) is 4.39 Å². The standard InChI is InChI=1S/C14H18ClFO/c15-12-7-6-11(9-13(12)16)14(17)8-10-4-2-1-3-5-10/h6-7,9-10,14,17H,1-5,8H2. The fourth-order valence-corrected chi connectivity index (χ4v) is 2.71. The highest BCUT2D eigenvalue weighted by Crippen LogP contribution is 2.32. The van der Waals surface area contributed by atoms with E-state index in [1.165, 1.54) is 44.2 Å². The van der Waals surface area contributed by atoms with Gasteiger partial charge in [-0.2, -0.15) is 0 Å². The van der Waals surface area contributed by atoms with Gasteiger partial charge in [-0.05, 0) is 30.0 Å². The van der Waals surface area contributed by atoms with E-state index >= 15 is 0 Å². The van der Waals surface area contributed by atoms with E-state index in [-0.39, 0.29) is 5.02 Å². The molecule has 1 aliphatic rings. The first kappa shape index (κ1) is 12.8. The topological polar surface area (TPSA) is 20.2 Å². The minimum atomic E-state index is -0.565. The molecule has 1 aromatic rings. The zero-order chi connectivity index (χ0) is 12.3. The van der Waals surface area contributed by atoms with E-state index in [0.29, 0.717) is 11.5 Å². The third-order valence-electron chi connectivity index (χ3n) is 3.61. The number of hydrogen-bond acceptors (Lipinski definition) is 1. The Morgan fingerprint density at radius 1 is 1.29 bits per heavy atom. The van der Waals surface area contributed by atoms with Crippen molar-refractivity contribution in [2.75, 3.05) is 0 Å². The van der Waals surface area contributed by atoms with Crippen molar-refractivity contribution in [3.05, 3.63) is 34.6 Å². The second-order valence-corrected chi connectivity index (χ2v) is 5.34. The van der Waals surface area contributed by atoms with E-state index in [1.54, 1.807) is 6.07 Å². The van der Waals surface area contributed by atoms with Crippen molar-refractivity contribution in [1.29, 1.82) is 0 Å². The molecular formula is C14H18ClFO. The summed E-state index contributed by atoms with van der Waals surface area (Å²) in [6.07, 6.45) is 6.37. The summed E-state index contributed by atoms with van der Waals surface area (Å²) in [4.78, 5) is 0. The summed E-state index contributed by atoms with van der Waals surface area (Å²) in [6, 6.07) is 4.56. The van der Waals surface area contributed by atoms with Crippen molar-refractivity contribution in [1.82, 2.24) is 0 Å². The number of rotatable bonds is 3. The molecule has 1 fully saturated rings. The zero-order valence-electron chi connectivity index (χ0n) is 9.83. The Morgan fingerprint density at radius 3 is 2.65 bits per heavy atom. The minimum Gasteiger partial charge on any atom is -0.388 e. The van der Waals surface area contributed by atoms with E-state index in [9.17, 15) is 9.50 Å². The van der Waals surface area contributed by atoms with Crippen LogP contribution in [0.1, 0.15) is 50.2 Å². The summed E-state index contributed by atoms with van der Waals surface area (Å²) in [5.41, 5.74) is 0.637. The maximum Gasteiger partial charge on any atom is 0.142 e. The molecule has 1 unspecified atom stereocenters. The molecular weight excluding hydrogens is 239 g/mol. The predicted octanol–water partition coefficient (Wildman–Crippen LogP) is 4.48. The highest BCUT2D eigenvalue weighted by Gasteiger charge is 2.19. The van der Waals surface area contributed by atoms with Crippen LogP contribution in [0.3, 0.4) is 0 Å². The highest BCUT2D eigenvalue weighted by molar-refractivity contribution is 6.30. The van der Waals surface area contributed by atoms with E-state index in [0.717, 1.165) is 6.42 Å². The van der Waals surface area contributed by atoms with Gasteiger partial charge in [-0.1, -0.05) is 49.8 Å². The van der Waals surface area contributed by atoms with Crippen LogP contribution in [0.25, 0.3) is 0 Å². The van der Waals surface area contributed by atoms with Crippen LogP contribution < -0.4 is 0 Å². The van der Waals surface area contributed by atoms with Crippen molar-refractivity contribution in [3.63, 3.8) is 0 Å². The van der Waals surface area contributed by atoms with Crippen LogP contribution >= 0.6 is 11.6 Å². The third kappa shape index (κ3) is 3.43. The molecule has 2 rings (SSSR count). The van der Waals surface area contributed by atoms with Crippen LogP contribution in [0, 0.1) is 11.7 Å². The summed E-state index contributed by atoms with van der Waals surface area (Å²) in [5, 5.41) is 10.2. The molecule has 1 nitrogen and oxygen atoms in total. The van der Waals surface area contributed by atoms with Gasteiger partial charge in [-0.3, -0.25) is 0 Å². The van der Waals surface area contributed by atoms with Crippen molar-refractivity contribution in [2.45, 2.75) is 44.6 Å². The predicted molar refractivity (Wildman–Crippen MR) is 67.6 cm³/mol. The van der Waals surface area contributed by atoms with Gasteiger partial charge in [0, 0.05) is 0 Å². The number of aliphatic hydroxyl groups is 1. The molecule has 1 N–H and O–H groups in total. The molecule has 17 heavy (non-hydrogen) atoms. The second kappa shape index (κ2) is 5.83. The van der Waals surface area contributed by atoms with Gasteiger partial charge in [0.15, 0.2) is 0 Å². The van der Waals surface area contributed by atoms with Gasteiger partial charge in [0.25, 0.3) is 0 Å². The van der Waals surface area contributed by atoms with Gasteiger partial charge in [0.2, 0.25) is 0 Å². The summed E-state index contributed by atoms with van der Waals surface area (Å²) in [7, 11) is 0. The van der Waals surface area contributed by atoms with Crippen molar-refractivity contribution in [2.24, 2.45) is 5.92 Å². The molecule has 0 aliphatic heterocycles. The number of halogens is 2. The first-order valence-corrected chi connectivity index (χ1v) is 6.67. The Labute approximate surface area is 107 Å². The Balaban J connectivity index is 1.98. The molecule has 3 heteroatoms. The lowest BCUT2D eigenvalue weighted by molar-refractivity contribution is 0.131. The normalized spacial score (nSPS) is 19.2. The third-order valence-corrected chi connectivity index (χ3v) is 3.92. The minimum absolute atomic E-state index is 0.110. The lowest BCUT2D eigenvalue weighted by Crippen LogP contribution is -2.11. The number of benzene rings is 1. The zero-order valence-corrected chi connectivity index (χ0v) is 10.6. The Kier molecular flexibility index (Phi) is 4.41. The van der Waals surface area contributed by atoms with Crippen molar-refractivity contribution >= 4 is 11.6 Å². The van der Waals surface area contributed by atoms with Gasteiger partial charge >= 0.3 is 0 Å². The average molecular weight is 257 g/mol. The lowest BCUT2D eigenvalue weighted by Gasteiger charge is -2.24. The van der Waals surface area contributed by atoms with Gasteiger partial charge in [-0.25, -0.2) is 4.39 Å². The molecule has 0 saturated heterocycles. The van der Waals surface area contributed by atoms with Gasteiger partial charge in [0.05, 0.1) is 11.1 Å². The molecule has 0 aromatic heterocycles. The monoisotopic (exact) mass is 256 g/mol. The quantitative estimate of drug-likeness (QED) is 0.845. The second-order valence-electron chi connectivity index (χ2n) is 4.93. The average Bonchev–Trinajstić information content (AvgIpc) is 2.34. The Morgan fingerprint density at radius 2 is 2.00 bits per heavy atom. The molecule has 0 spiro atoms. The molecule has 1 atom stereocenters. The summed E-state index contributed by atoms with van der Waals surface area (Å²) >= 11 is 5.62. The molecule has 0 amide bonds. The molecule has 0 heterocycles. The van der Waals surface area contributed by atoms with Crippen LogP contribution in [0.2, 0.25) is 5.02 Å². The lowest BCUT2D eigenvalue weighted by atomic mass is 9.84. The molecule has 0 bridgehead atoms. The summed E-state index contributed by atoms with van der Waals surface area (Å²) < 4.78 is 13.3. The fraction of sp³-hybridized carbons (Fsp3) is 0.571. The first-order chi connectivity index (χ1) is 8.16. The van der Waals surface area contributed by atoms with Gasteiger partial charge in [0.1, 0.15) is 5.82 Å². The van der Waals surface area contributed by atoms with Crippen LogP contribution in [-0.4, -0.2) is 5.11 Å². The van der Waals surface area contributed by atoms with E-state index in [4.69, 9.17) is 11.6 Å². The Bertz CT molecular complexity index is 374. The Hall–Kier alpha value is -0.600. The molecule has 1 saturated carbocycles. The van der Waals surface area contributed by atoms with Crippen molar-refractivity contribution < 1.29 is 9.50 Å². The van der Waals surface area contributed by atoms with E-state index in [2.05, 4.69) is 0 Å². The fourth-order valence-electron chi connectivity index (χ4n) is 2.59. The van der Waals surface area contributed by atoms with Crippen LogP contribution in [0.15, 0.2) is 18.2 Å². The smallest absolute Gasteiger partial charge is 0.142 e. The SMILES string of the molecule is OC(CC1CCCCC1)c1ccc(Cl)c(F)c1. The van der Waals surface area contributed by atoms with E-state index < -0.39 is 11.9 Å². The highest BCUT2D eigenvalue weighted by atomic mass is 35.5. The number of hydrogen-bond donors (Lipinski definition) is 1. The maximum atomic E-state index is 13.3. The molecule has 1 aliphatic carbocycles. The summed E-state index contributed by atoms with van der Waals surface area (Å²) in [6.45, 7) is 0. The molecule has 1 aromatic carbocycles. The number of aliphatic hydroxyl groups excluding tert-OH is 1. The molecule has 94 valence electrons. The van der Waals surface area contributed by atoms with Crippen molar-refractivity contribution in [3.8, 4) is 0 Å². The van der Waals surface area contributed by atoms with Gasteiger partial charge < -0.3 is 5.11 Å². The summed E-state index contributed by atoms with van der Waals surface area (Å²) in [5.74, 6) is 0.129. The largest absolute Gasteiger partial charge is 0.388 e. The van der Waals surface area contributed by atoms with Crippen LogP contribution in [0.5, 0.6) is 0 Å². The maximum absolute atomic E-state index is 13.3. The van der Waals surface area contributed by atoms with E-state index in [1.807, 2.05) is 0 Å². The van der Waals surface area contributed by atoms with Gasteiger partial charge in [-0.15, -0.1) is 0 Å². The van der Waals surface area contributed by atoms with Crippen LogP contribution in [-0.2, 0) is 0 Å². The first-order valence-electron chi connectivity index (χ1n) is 6.30. The molecule has 0 radical (unpaired) electrons.